The van der Waals surface area contributed by atoms with Crippen molar-refractivity contribution in [3.8, 4) is 11.5 Å². The van der Waals surface area contributed by atoms with Gasteiger partial charge in [-0.2, -0.15) is 0 Å². The van der Waals surface area contributed by atoms with E-state index in [4.69, 9.17) is 16.3 Å². The van der Waals surface area contributed by atoms with Crippen LogP contribution in [0, 0.1) is 0 Å². The summed E-state index contributed by atoms with van der Waals surface area (Å²) < 4.78 is 5.12. The highest BCUT2D eigenvalue weighted by molar-refractivity contribution is 6.46. The molecule has 0 saturated carbocycles. The molecule has 1 heterocycles. The standard InChI is InChI=1S/C22H22ClNO5/c1-3-4-10-24-19(13-6-5-7-15(25)11-13)18(21(27)22(24)28)20(26)14-8-9-17(29-2)16(23)12-14/h5-9,11-12,19,25-26H,3-4,10H2,1-2H3/b20-18-. The molecule has 6 nitrogen and oxygen atoms in total. The molecule has 7 heteroatoms. The number of unbranched alkanes of at least 4 members (excludes halogenated alkanes) is 1. The minimum Gasteiger partial charge on any atom is -0.508 e. The summed E-state index contributed by atoms with van der Waals surface area (Å²) in [5.41, 5.74) is 0.814. The summed E-state index contributed by atoms with van der Waals surface area (Å²) in [5.74, 6) is -1.32. The van der Waals surface area contributed by atoms with Crippen molar-refractivity contribution in [3.05, 3.63) is 64.2 Å². The molecule has 1 fully saturated rings. The van der Waals surface area contributed by atoms with Gasteiger partial charge >= 0.3 is 0 Å². The van der Waals surface area contributed by atoms with Gasteiger partial charge in [0, 0.05) is 12.1 Å². The van der Waals surface area contributed by atoms with Crippen LogP contribution in [0.25, 0.3) is 5.76 Å². The van der Waals surface area contributed by atoms with E-state index in [-0.39, 0.29) is 22.1 Å². The van der Waals surface area contributed by atoms with Crippen LogP contribution in [0.15, 0.2) is 48.0 Å². The largest absolute Gasteiger partial charge is 0.508 e. The summed E-state index contributed by atoms with van der Waals surface area (Å²) in [4.78, 5) is 27.0. The van der Waals surface area contributed by atoms with E-state index in [2.05, 4.69) is 0 Å². The lowest BCUT2D eigenvalue weighted by atomic mass is 9.95. The normalized spacial score (nSPS) is 18.3. The summed E-state index contributed by atoms with van der Waals surface area (Å²) in [5, 5.41) is 21.1. The van der Waals surface area contributed by atoms with Crippen LogP contribution in [0.3, 0.4) is 0 Å². The number of ether oxygens (including phenoxy) is 1. The van der Waals surface area contributed by atoms with Crippen LogP contribution in [0.5, 0.6) is 11.5 Å². The molecule has 0 aliphatic carbocycles. The Morgan fingerprint density at radius 1 is 1.21 bits per heavy atom. The molecule has 1 saturated heterocycles. The average Bonchev–Trinajstić information content (AvgIpc) is 2.96. The second kappa shape index (κ2) is 8.57. The molecule has 0 spiro atoms. The molecule has 2 aromatic carbocycles. The number of rotatable bonds is 6. The molecular formula is C22H22ClNO5. The van der Waals surface area contributed by atoms with E-state index in [0.29, 0.717) is 29.8 Å². The Bertz CT molecular complexity index is 985. The molecule has 3 rings (SSSR count). The fourth-order valence-electron chi connectivity index (χ4n) is 3.45. The number of nitrogens with zero attached hydrogens (tertiary/aromatic N) is 1. The lowest BCUT2D eigenvalue weighted by molar-refractivity contribution is -0.139. The van der Waals surface area contributed by atoms with E-state index in [9.17, 15) is 19.8 Å². The lowest BCUT2D eigenvalue weighted by Gasteiger charge is -2.25. The fraction of sp³-hybridized carbons (Fsp3) is 0.273. The summed E-state index contributed by atoms with van der Waals surface area (Å²) in [6, 6.07) is 10.2. The number of carbonyl (C=O) groups is 2. The van der Waals surface area contributed by atoms with Crippen molar-refractivity contribution in [2.75, 3.05) is 13.7 Å². The van der Waals surface area contributed by atoms with Crippen molar-refractivity contribution in [2.24, 2.45) is 0 Å². The van der Waals surface area contributed by atoms with Gasteiger partial charge in [-0.1, -0.05) is 37.1 Å². The number of methoxy groups -OCH3 is 1. The van der Waals surface area contributed by atoms with Gasteiger partial charge in [0.15, 0.2) is 0 Å². The van der Waals surface area contributed by atoms with Gasteiger partial charge in [0.2, 0.25) is 0 Å². The number of phenols is 1. The van der Waals surface area contributed by atoms with Crippen molar-refractivity contribution in [2.45, 2.75) is 25.8 Å². The first kappa shape index (κ1) is 20.7. The zero-order valence-corrected chi connectivity index (χ0v) is 16.9. The van der Waals surface area contributed by atoms with E-state index in [1.165, 1.54) is 30.2 Å². The molecule has 1 aliphatic rings. The molecule has 29 heavy (non-hydrogen) atoms. The Morgan fingerprint density at radius 2 is 1.97 bits per heavy atom. The summed E-state index contributed by atoms with van der Waals surface area (Å²) in [7, 11) is 1.47. The van der Waals surface area contributed by atoms with Crippen LogP contribution in [0.4, 0.5) is 0 Å². The smallest absolute Gasteiger partial charge is 0.295 e. The minimum absolute atomic E-state index is 0.0103. The number of carbonyl (C=O) groups excluding carboxylic acids is 2. The molecule has 0 aromatic heterocycles. The highest BCUT2D eigenvalue weighted by atomic mass is 35.5. The van der Waals surface area contributed by atoms with Gasteiger partial charge in [-0.05, 0) is 42.3 Å². The zero-order valence-electron chi connectivity index (χ0n) is 16.2. The predicted molar refractivity (Wildman–Crippen MR) is 110 cm³/mol. The third-order valence-corrected chi connectivity index (χ3v) is 5.20. The molecule has 1 atom stereocenters. The lowest BCUT2D eigenvalue weighted by Crippen LogP contribution is -2.30. The highest BCUT2D eigenvalue weighted by Gasteiger charge is 2.45. The summed E-state index contributed by atoms with van der Waals surface area (Å²) >= 11 is 6.16. The van der Waals surface area contributed by atoms with Crippen molar-refractivity contribution < 1.29 is 24.5 Å². The average molecular weight is 416 g/mol. The van der Waals surface area contributed by atoms with E-state index in [0.717, 1.165) is 6.42 Å². The zero-order chi connectivity index (χ0) is 21.1. The number of Topliss-reactive ketones (excluding diaryl/α,β-unsaturated/α-hetero) is 1. The second-order valence-electron chi connectivity index (χ2n) is 6.79. The number of aromatic hydroxyl groups is 1. The number of aliphatic hydroxyl groups is 1. The number of likely N-dealkylation sites (tertiary alicyclic amines) is 1. The number of ketones is 1. The van der Waals surface area contributed by atoms with Crippen LogP contribution in [0.2, 0.25) is 5.02 Å². The van der Waals surface area contributed by atoms with Crippen LogP contribution in [-0.2, 0) is 9.59 Å². The number of halogens is 1. The summed E-state index contributed by atoms with van der Waals surface area (Å²) in [6.07, 6.45) is 1.54. The first-order valence-corrected chi connectivity index (χ1v) is 9.68. The fourth-order valence-corrected chi connectivity index (χ4v) is 3.71. The van der Waals surface area contributed by atoms with Crippen molar-refractivity contribution in [1.29, 1.82) is 0 Å². The van der Waals surface area contributed by atoms with Gasteiger partial charge in [-0.3, -0.25) is 9.59 Å². The molecular weight excluding hydrogens is 394 g/mol. The molecule has 2 aromatic rings. The molecule has 0 radical (unpaired) electrons. The monoisotopic (exact) mass is 415 g/mol. The molecule has 2 N–H and O–H groups in total. The maximum Gasteiger partial charge on any atom is 0.295 e. The Morgan fingerprint density at radius 3 is 2.59 bits per heavy atom. The molecule has 152 valence electrons. The molecule has 0 bridgehead atoms. The third kappa shape index (κ3) is 3.93. The summed E-state index contributed by atoms with van der Waals surface area (Å²) in [6.45, 7) is 2.35. The number of hydrogen-bond donors (Lipinski definition) is 2. The Kier molecular flexibility index (Phi) is 6.13. The highest BCUT2D eigenvalue weighted by Crippen LogP contribution is 2.41. The molecule has 1 unspecified atom stereocenters. The van der Waals surface area contributed by atoms with Crippen LogP contribution in [-0.4, -0.2) is 40.5 Å². The number of aliphatic hydroxyl groups excluding tert-OH is 1. The van der Waals surface area contributed by atoms with E-state index < -0.39 is 17.7 Å². The maximum absolute atomic E-state index is 12.8. The number of hydrogen-bond acceptors (Lipinski definition) is 5. The van der Waals surface area contributed by atoms with Gasteiger partial charge in [0.1, 0.15) is 17.3 Å². The van der Waals surface area contributed by atoms with E-state index in [1.807, 2.05) is 6.92 Å². The molecule has 1 aliphatic heterocycles. The van der Waals surface area contributed by atoms with Gasteiger partial charge < -0.3 is 19.8 Å². The number of amides is 1. The van der Waals surface area contributed by atoms with Crippen LogP contribution < -0.4 is 4.74 Å². The van der Waals surface area contributed by atoms with Gasteiger partial charge in [-0.15, -0.1) is 0 Å². The van der Waals surface area contributed by atoms with Gasteiger partial charge in [0.05, 0.1) is 23.7 Å². The first-order valence-electron chi connectivity index (χ1n) is 9.30. The Balaban J connectivity index is 2.17. The van der Waals surface area contributed by atoms with E-state index in [1.54, 1.807) is 24.3 Å². The first-order chi connectivity index (χ1) is 13.9. The van der Waals surface area contributed by atoms with Gasteiger partial charge in [0.25, 0.3) is 11.7 Å². The number of phenolic OH excluding ortho intramolecular Hbond substituents is 1. The van der Waals surface area contributed by atoms with Crippen LogP contribution >= 0.6 is 11.6 Å². The minimum atomic E-state index is -0.797. The number of benzene rings is 2. The van der Waals surface area contributed by atoms with Crippen LogP contribution in [0.1, 0.15) is 36.9 Å². The van der Waals surface area contributed by atoms with Crippen molar-refractivity contribution in [1.82, 2.24) is 4.90 Å². The predicted octanol–water partition coefficient (Wildman–Crippen LogP) is 4.28. The van der Waals surface area contributed by atoms with Crippen molar-refractivity contribution >= 4 is 29.1 Å². The van der Waals surface area contributed by atoms with Crippen molar-refractivity contribution in [3.63, 3.8) is 0 Å². The third-order valence-electron chi connectivity index (χ3n) is 4.90. The SMILES string of the molecule is CCCCN1C(=O)C(=O)/C(=C(\O)c2ccc(OC)c(Cl)c2)C1c1cccc(O)c1. The second-order valence-corrected chi connectivity index (χ2v) is 7.20. The van der Waals surface area contributed by atoms with E-state index >= 15 is 0 Å². The topological polar surface area (TPSA) is 87.1 Å². The quantitative estimate of drug-likeness (QED) is 0.418. The van der Waals surface area contributed by atoms with Gasteiger partial charge in [-0.25, -0.2) is 0 Å². The Hall–Kier alpha value is -2.99. The Labute approximate surface area is 174 Å². The maximum atomic E-state index is 12.8. The molecule has 1 amide bonds.